The molecule has 0 spiro atoms. The molecule has 1 heterocycles. The molecular formula is C18H18ClNO3. The van der Waals surface area contributed by atoms with Crippen molar-refractivity contribution in [2.24, 2.45) is 5.92 Å². The summed E-state index contributed by atoms with van der Waals surface area (Å²) < 4.78 is 11.1. The van der Waals surface area contributed by atoms with Crippen LogP contribution in [0.5, 0.6) is 11.5 Å². The summed E-state index contributed by atoms with van der Waals surface area (Å²) in [5, 5.41) is 3.38. The van der Waals surface area contributed by atoms with Crippen LogP contribution in [0, 0.1) is 5.92 Å². The summed E-state index contributed by atoms with van der Waals surface area (Å²) in [6, 6.07) is 15.1. The summed E-state index contributed by atoms with van der Waals surface area (Å²) in [6.45, 7) is 1.13. The molecule has 1 aliphatic heterocycles. The van der Waals surface area contributed by atoms with Gasteiger partial charge in [-0.25, -0.2) is 0 Å². The number of fused-ring (bicyclic) bond motifs is 1. The van der Waals surface area contributed by atoms with Crippen LogP contribution < -0.4 is 14.8 Å². The van der Waals surface area contributed by atoms with Gasteiger partial charge in [0.2, 0.25) is 0 Å². The number of carbonyl (C=O) groups is 1. The van der Waals surface area contributed by atoms with Crippen molar-refractivity contribution < 1.29 is 14.3 Å². The maximum Gasteiger partial charge on any atom is 0.257 e. The highest BCUT2D eigenvalue weighted by atomic mass is 35.5. The van der Waals surface area contributed by atoms with E-state index in [1.54, 1.807) is 12.1 Å². The van der Waals surface area contributed by atoms with Crippen molar-refractivity contribution >= 4 is 17.5 Å². The third kappa shape index (κ3) is 4.17. The van der Waals surface area contributed by atoms with E-state index in [0.717, 1.165) is 12.2 Å². The van der Waals surface area contributed by atoms with Crippen LogP contribution in [0.25, 0.3) is 0 Å². The van der Waals surface area contributed by atoms with Gasteiger partial charge in [0.25, 0.3) is 5.91 Å². The molecule has 0 saturated heterocycles. The molecule has 120 valence electrons. The Morgan fingerprint density at radius 1 is 1.22 bits per heavy atom. The van der Waals surface area contributed by atoms with Crippen LogP contribution in [0.2, 0.25) is 5.02 Å². The number of benzene rings is 2. The van der Waals surface area contributed by atoms with Crippen molar-refractivity contribution in [1.82, 2.24) is 5.32 Å². The van der Waals surface area contributed by atoms with Gasteiger partial charge in [0, 0.05) is 12.5 Å². The lowest BCUT2D eigenvalue weighted by Gasteiger charge is -2.25. The average Bonchev–Trinajstić information content (AvgIpc) is 2.59. The molecule has 1 amide bonds. The van der Waals surface area contributed by atoms with Crippen molar-refractivity contribution in [2.45, 2.75) is 6.42 Å². The highest BCUT2D eigenvalue weighted by molar-refractivity contribution is 6.32. The Morgan fingerprint density at radius 2 is 2.00 bits per heavy atom. The number of hydrogen-bond acceptors (Lipinski definition) is 3. The lowest BCUT2D eigenvalue weighted by Crippen LogP contribution is -2.37. The van der Waals surface area contributed by atoms with Gasteiger partial charge in [0.05, 0.1) is 11.6 Å². The Bertz CT molecular complexity index is 689. The summed E-state index contributed by atoms with van der Waals surface area (Å²) in [7, 11) is 0. The van der Waals surface area contributed by atoms with Crippen molar-refractivity contribution in [1.29, 1.82) is 0 Å². The third-order valence-electron chi connectivity index (χ3n) is 3.74. The van der Waals surface area contributed by atoms with Gasteiger partial charge in [-0.2, -0.15) is 0 Å². The van der Waals surface area contributed by atoms with Gasteiger partial charge in [-0.05, 0) is 30.2 Å². The number of nitrogens with one attached hydrogen (secondary N) is 1. The summed E-state index contributed by atoms with van der Waals surface area (Å²) in [5.41, 5.74) is 1.19. The van der Waals surface area contributed by atoms with E-state index < -0.39 is 0 Å². The number of rotatable bonds is 5. The van der Waals surface area contributed by atoms with Gasteiger partial charge < -0.3 is 14.8 Å². The van der Waals surface area contributed by atoms with Gasteiger partial charge >= 0.3 is 0 Å². The van der Waals surface area contributed by atoms with E-state index in [4.69, 9.17) is 21.1 Å². The van der Waals surface area contributed by atoms with Gasteiger partial charge in [-0.15, -0.1) is 0 Å². The maximum absolute atomic E-state index is 11.9. The van der Waals surface area contributed by atoms with E-state index in [9.17, 15) is 4.79 Å². The molecule has 0 saturated carbocycles. The van der Waals surface area contributed by atoms with Crippen LogP contribution in [0.4, 0.5) is 0 Å². The molecule has 1 atom stereocenters. The summed E-state index contributed by atoms with van der Waals surface area (Å²) in [4.78, 5) is 11.9. The zero-order valence-corrected chi connectivity index (χ0v) is 13.4. The maximum atomic E-state index is 11.9. The summed E-state index contributed by atoms with van der Waals surface area (Å²) >= 11 is 5.98. The Kier molecular flexibility index (Phi) is 5.03. The molecule has 2 aromatic rings. The Morgan fingerprint density at radius 3 is 2.87 bits per heavy atom. The van der Waals surface area contributed by atoms with Gasteiger partial charge in [0.15, 0.2) is 6.61 Å². The fourth-order valence-corrected chi connectivity index (χ4v) is 2.73. The largest absolute Gasteiger partial charge is 0.493 e. The highest BCUT2D eigenvalue weighted by Crippen LogP contribution is 2.26. The molecule has 0 bridgehead atoms. The minimum absolute atomic E-state index is 0.0477. The van der Waals surface area contributed by atoms with E-state index in [1.165, 1.54) is 5.56 Å². The Balaban J connectivity index is 1.44. The standard InChI is InChI=1S/C18H18ClNO3/c19-15-6-2-4-8-17(15)23-12-18(21)20-10-13-9-14-5-1-3-7-16(14)22-11-13/h1-8,13H,9-12H2,(H,20,21). The quantitative estimate of drug-likeness (QED) is 0.916. The molecule has 1 aliphatic rings. The van der Waals surface area contributed by atoms with Crippen molar-refractivity contribution in [3.63, 3.8) is 0 Å². The van der Waals surface area contributed by atoms with Gasteiger partial charge in [-0.1, -0.05) is 41.9 Å². The minimum atomic E-state index is -0.163. The van der Waals surface area contributed by atoms with Gasteiger partial charge in [-0.3, -0.25) is 4.79 Å². The first-order valence-electron chi connectivity index (χ1n) is 7.57. The second kappa shape index (κ2) is 7.38. The number of hydrogen-bond donors (Lipinski definition) is 1. The SMILES string of the molecule is O=C(COc1ccccc1Cl)NCC1COc2ccccc2C1. The minimum Gasteiger partial charge on any atom is -0.493 e. The molecule has 0 aromatic heterocycles. The molecule has 23 heavy (non-hydrogen) atoms. The molecule has 5 heteroatoms. The van der Waals surface area contributed by atoms with Crippen LogP contribution in [0.15, 0.2) is 48.5 Å². The molecule has 1 unspecified atom stereocenters. The van der Waals surface area contributed by atoms with E-state index in [0.29, 0.717) is 23.9 Å². The molecule has 2 aromatic carbocycles. The number of halogens is 1. The summed E-state index contributed by atoms with van der Waals surface area (Å²) in [5.74, 6) is 1.56. The fraction of sp³-hybridized carbons (Fsp3) is 0.278. The first kappa shape index (κ1) is 15.7. The lowest BCUT2D eigenvalue weighted by atomic mass is 9.97. The van der Waals surface area contributed by atoms with E-state index in [-0.39, 0.29) is 18.4 Å². The molecule has 1 N–H and O–H groups in total. The van der Waals surface area contributed by atoms with Crippen LogP contribution in [0.1, 0.15) is 5.56 Å². The topological polar surface area (TPSA) is 47.6 Å². The number of carbonyl (C=O) groups excluding carboxylic acids is 1. The smallest absolute Gasteiger partial charge is 0.257 e. The number of para-hydroxylation sites is 2. The zero-order valence-electron chi connectivity index (χ0n) is 12.6. The van der Waals surface area contributed by atoms with Crippen LogP contribution >= 0.6 is 11.6 Å². The molecule has 4 nitrogen and oxygen atoms in total. The Labute approximate surface area is 140 Å². The molecule has 0 fully saturated rings. The van der Waals surface area contributed by atoms with Crippen molar-refractivity contribution in [2.75, 3.05) is 19.8 Å². The first-order valence-corrected chi connectivity index (χ1v) is 7.95. The molecule has 3 rings (SSSR count). The predicted octanol–water partition coefficient (Wildman–Crippen LogP) is 3.09. The number of amides is 1. The second-order valence-electron chi connectivity index (χ2n) is 5.51. The van der Waals surface area contributed by atoms with Crippen molar-refractivity contribution in [3.8, 4) is 11.5 Å². The first-order chi connectivity index (χ1) is 11.2. The number of ether oxygens (including phenoxy) is 2. The fourth-order valence-electron chi connectivity index (χ4n) is 2.54. The summed E-state index contributed by atoms with van der Waals surface area (Å²) in [6.07, 6.45) is 0.905. The monoisotopic (exact) mass is 331 g/mol. The predicted molar refractivity (Wildman–Crippen MR) is 89.1 cm³/mol. The zero-order chi connectivity index (χ0) is 16.1. The van der Waals surface area contributed by atoms with Crippen LogP contribution in [-0.4, -0.2) is 25.7 Å². The normalized spacial score (nSPS) is 16.1. The highest BCUT2D eigenvalue weighted by Gasteiger charge is 2.20. The lowest BCUT2D eigenvalue weighted by molar-refractivity contribution is -0.123. The van der Waals surface area contributed by atoms with Crippen LogP contribution in [0.3, 0.4) is 0 Å². The van der Waals surface area contributed by atoms with E-state index in [1.807, 2.05) is 30.3 Å². The molecular weight excluding hydrogens is 314 g/mol. The third-order valence-corrected chi connectivity index (χ3v) is 4.05. The molecule has 0 aliphatic carbocycles. The van der Waals surface area contributed by atoms with Crippen molar-refractivity contribution in [3.05, 3.63) is 59.1 Å². The van der Waals surface area contributed by atoms with Gasteiger partial charge in [0.1, 0.15) is 11.5 Å². The second-order valence-corrected chi connectivity index (χ2v) is 5.92. The van der Waals surface area contributed by atoms with E-state index in [2.05, 4.69) is 11.4 Å². The van der Waals surface area contributed by atoms with Crippen LogP contribution in [-0.2, 0) is 11.2 Å². The Hall–Kier alpha value is -2.20. The van der Waals surface area contributed by atoms with E-state index >= 15 is 0 Å². The molecule has 0 radical (unpaired) electrons. The average molecular weight is 332 g/mol.